The van der Waals surface area contributed by atoms with Crippen molar-refractivity contribution in [3.8, 4) is 11.5 Å². The van der Waals surface area contributed by atoms with E-state index in [1.54, 1.807) is 0 Å². The van der Waals surface area contributed by atoms with E-state index in [0.29, 0.717) is 0 Å². The van der Waals surface area contributed by atoms with Gasteiger partial charge in [0.05, 0.1) is 5.56 Å². The molecule has 15 heavy (non-hydrogen) atoms. The lowest BCUT2D eigenvalue weighted by atomic mass is 10.0. The quantitative estimate of drug-likeness (QED) is 0.582. The van der Waals surface area contributed by atoms with Crippen LogP contribution in [0.5, 0.6) is 11.5 Å². The first-order valence-corrected chi connectivity index (χ1v) is 4.55. The van der Waals surface area contributed by atoms with Crippen LogP contribution < -0.4 is 0 Å². The smallest absolute Gasteiger partial charge is 0.167 e. The molecule has 0 heterocycles. The molecule has 0 amide bonds. The van der Waals surface area contributed by atoms with Gasteiger partial charge in [-0.3, -0.25) is 4.79 Å². The molecule has 1 aromatic carbocycles. The van der Waals surface area contributed by atoms with Crippen LogP contribution in [0.1, 0.15) is 30.1 Å². The third-order valence-corrected chi connectivity index (χ3v) is 1.98. The van der Waals surface area contributed by atoms with E-state index in [1.165, 1.54) is 25.1 Å². The summed E-state index contributed by atoms with van der Waals surface area (Å²) in [5.74, 6) is -0.693. The van der Waals surface area contributed by atoms with Crippen molar-refractivity contribution in [2.75, 3.05) is 0 Å². The third-order valence-electron chi connectivity index (χ3n) is 1.98. The number of phenolic OH excluding ortho intramolecular Hbond substituents is 2. The highest BCUT2D eigenvalue weighted by atomic mass is 16.3. The van der Waals surface area contributed by atoms with Crippen molar-refractivity contribution < 1.29 is 19.8 Å². The summed E-state index contributed by atoms with van der Waals surface area (Å²) in [4.78, 5) is 22.2. The van der Waals surface area contributed by atoms with Gasteiger partial charge in [-0.2, -0.15) is 0 Å². The Labute approximate surface area is 87.2 Å². The summed E-state index contributed by atoms with van der Waals surface area (Å²) in [7, 11) is 0. The zero-order valence-corrected chi connectivity index (χ0v) is 8.36. The van der Waals surface area contributed by atoms with Gasteiger partial charge in [0.15, 0.2) is 5.78 Å². The van der Waals surface area contributed by atoms with Crippen LogP contribution in [-0.4, -0.2) is 21.8 Å². The molecule has 0 saturated carbocycles. The largest absolute Gasteiger partial charge is 0.508 e. The van der Waals surface area contributed by atoms with Crippen LogP contribution in [0.25, 0.3) is 0 Å². The molecule has 80 valence electrons. The van der Waals surface area contributed by atoms with Gasteiger partial charge in [0, 0.05) is 12.8 Å². The van der Waals surface area contributed by atoms with E-state index in [4.69, 9.17) is 5.11 Å². The molecule has 1 rings (SSSR count). The molecule has 0 radical (unpaired) electrons. The van der Waals surface area contributed by atoms with Gasteiger partial charge in [-0.25, -0.2) is 0 Å². The molecule has 0 unspecified atom stereocenters. The highest BCUT2D eigenvalue weighted by Crippen LogP contribution is 2.23. The summed E-state index contributed by atoms with van der Waals surface area (Å²) >= 11 is 0. The summed E-state index contributed by atoms with van der Waals surface area (Å²) in [5.41, 5.74) is 0.0521. The average molecular weight is 208 g/mol. The molecule has 4 nitrogen and oxygen atoms in total. The second-order valence-electron chi connectivity index (χ2n) is 3.33. The maximum Gasteiger partial charge on any atom is 0.167 e. The molecular weight excluding hydrogens is 196 g/mol. The molecule has 0 aliphatic heterocycles. The molecule has 0 spiro atoms. The van der Waals surface area contributed by atoms with Crippen molar-refractivity contribution in [3.63, 3.8) is 0 Å². The lowest BCUT2D eigenvalue weighted by Gasteiger charge is -2.03. The minimum absolute atomic E-state index is 0.0480. The number of phenols is 2. The minimum Gasteiger partial charge on any atom is -0.508 e. The van der Waals surface area contributed by atoms with Gasteiger partial charge in [-0.15, -0.1) is 0 Å². The normalized spacial score (nSPS) is 9.93. The molecule has 0 bridgehead atoms. The second kappa shape index (κ2) is 4.59. The maximum absolute atomic E-state index is 11.5. The summed E-state index contributed by atoms with van der Waals surface area (Å²) in [6.07, 6.45) is 0.195. The Morgan fingerprint density at radius 3 is 2.47 bits per heavy atom. The highest BCUT2D eigenvalue weighted by Gasteiger charge is 2.12. The van der Waals surface area contributed by atoms with Crippen LogP contribution in [0.2, 0.25) is 0 Å². The molecule has 0 aromatic heterocycles. The number of carbonyl (C=O) groups excluding carboxylic acids is 2. The summed E-state index contributed by atoms with van der Waals surface area (Å²) in [6.45, 7) is 1.40. The molecule has 4 heteroatoms. The first-order valence-electron chi connectivity index (χ1n) is 4.55. The molecule has 0 aliphatic rings. The standard InChI is InChI=1S/C11H12O4/c1-7(12)2-4-10(14)9-6-8(13)3-5-11(9)15/h3,5-6,13,15H,2,4H2,1H3. The van der Waals surface area contributed by atoms with Crippen molar-refractivity contribution in [1.29, 1.82) is 0 Å². The zero-order chi connectivity index (χ0) is 11.4. The van der Waals surface area contributed by atoms with Gasteiger partial charge in [0.2, 0.25) is 0 Å². The Balaban J connectivity index is 2.81. The number of benzene rings is 1. The SMILES string of the molecule is CC(=O)CCC(=O)c1cc(O)ccc1O. The monoisotopic (exact) mass is 208 g/mol. The van der Waals surface area contributed by atoms with E-state index in [2.05, 4.69) is 0 Å². The lowest BCUT2D eigenvalue weighted by Crippen LogP contribution is -2.02. The summed E-state index contributed by atoms with van der Waals surface area (Å²) in [6, 6.07) is 3.73. The van der Waals surface area contributed by atoms with Crippen LogP contribution in [0, 0.1) is 0 Å². The van der Waals surface area contributed by atoms with E-state index in [9.17, 15) is 14.7 Å². The number of aromatic hydroxyl groups is 2. The van der Waals surface area contributed by atoms with E-state index < -0.39 is 0 Å². The predicted octanol–water partition coefficient (Wildman–Crippen LogP) is 1.65. The van der Waals surface area contributed by atoms with E-state index in [1.807, 2.05) is 0 Å². The fourth-order valence-electron chi connectivity index (χ4n) is 1.17. The molecule has 0 saturated heterocycles. The van der Waals surface area contributed by atoms with Gasteiger partial charge in [0.1, 0.15) is 17.3 Å². The summed E-state index contributed by atoms with van der Waals surface area (Å²) < 4.78 is 0. The molecule has 0 fully saturated rings. The number of Topliss-reactive ketones (excluding diaryl/α,β-unsaturated/α-hetero) is 2. The number of rotatable bonds is 4. The highest BCUT2D eigenvalue weighted by molar-refractivity contribution is 6.00. The number of hydrogen-bond acceptors (Lipinski definition) is 4. The van der Waals surface area contributed by atoms with Crippen molar-refractivity contribution in [1.82, 2.24) is 0 Å². The average Bonchev–Trinajstić information content (AvgIpc) is 2.18. The molecule has 2 N–H and O–H groups in total. The minimum atomic E-state index is -0.349. The molecule has 0 atom stereocenters. The van der Waals surface area contributed by atoms with E-state index in [0.717, 1.165) is 0 Å². The van der Waals surface area contributed by atoms with Crippen LogP contribution in [0.15, 0.2) is 18.2 Å². The fourth-order valence-corrected chi connectivity index (χ4v) is 1.17. The van der Waals surface area contributed by atoms with Gasteiger partial charge >= 0.3 is 0 Å². The van der Waals surface area contributed by atoms with Crippen LogP contribution in [0.4, 0.5) is 0 Å². The Bertz CT molecular complexity index is 396. The zero-order valence-electron chi connectivity index (χ0n) is 8.36. The first-order chi connectivity index (χ1) is 7.00. The third kappa shape index (κ3) is 3.09. The van der Waals surface area contributed by atoms with Crippen LogP contribution >= 0.6 is 0 Å². The number of ketones is 2. The second-order valence-corrected chi connectivity index (χ2v) is 3.33. The fraction of sp³-hybridized carbons (Fsp3) is 0.273. The van der Waals surface area contributed by atoms with Crippen molar-refractivity contribution >= 4 is 11.6 Å². The van der Waals surface area contributed by atoms with Gasteiger partial charge in [-0.05, 0) is 25.1 Å². The Morgan fingerprint density at radius 2 is 1.87 bits per heavy atom. The van der Waals surface area contributed by atoms with Gasteiger partial charge in [0.25, 0.3) is 0 Å². The Hall–Kier alpha value is -1.84. The molecular formula is C11H12O4. The molecule has 1 aromatic rings. The van der Waals surface area contributed by atoms with Crippen LogP contribution in [-0.2, 0) is 4.79 Å². The van der Waals surface area contributed by atoms with Crippen molar-refractivity contribution in [2.45, 2.75) is 19.8 Å². The van der Waals surface area contributed by atoms with E-state index >= 15 is 0 Å². The Morgan fingerprint density at radius 1 is 1.20 bits per heavy atom. The summed E-state index contributed by atoms with van der Waals surface area (Å²) in [5, 5.41) is 18.5. The Kier molecular flexibility index (Phi) is 3.44. The topological polar surface area (TPSA) is 74.6 Å². The number of hydrogen-bond donors (Lipinski definition) is 2. The van der Waals surface area contributed by atoms with Crippen molar-refractivity contribution in [2.24, 2.45) is 0 Å². The van der Waals surface area contributed by atoms with Gasteiger partial charge < -0.3 is 15.0 Å². The number of carbonyl (C=O) groups is 2. The van der Waals surface area contributed by atoms with Crippen molar-refractivity contribution in [3.05, 3.63) is 23.8 Å². The predicted molar refractivity (Wildman–Crippen MR) is 54.0 cm³/mol. The lowest BCUT2D eigenvalue weighted by molar-refractivity contribution is -0.116. The van der Waals surface area contributed by atoms with E-state index in [-0.39, 0.29) is 41.5 Å². The first kappa shape index (κ1) is 11.2. The van der Waals surface area contributed by atoms with Crippen LogP contribution in [0.3, 0.4) is 0 Å². The molecule has 0 aliphatic carbocycles. The maximum atomic E-state index is 11.5. The van der Waals surface area contributed by atoms with Gasteiger partial charge in [-0.1, -0.05) is 0 Å².